The smallest absolute Gasteiger partial charge is 0.229 e. The van der Waals surface area contributed by atoms with Crippen LogP contribution < -0.4 is 19.5 Å². The molecule has 0 aliphatic carbocycles. The average Bonchev–Trinajstić information content (AvgIpc) is 3.50. The van der Waals surface area contributed by atoms with E-state index in [1.807, 2.05) is 77.4 Å². The van der Waals surface area contributed by atoms with Crippen molar-refractivity contribution in [1.82, 2.24) is 24.3 Å². The van der Waals surface area contributed by atoms with Crippen molar-refractivity contribution >= 4 is 23.3 Å². The van der Waals surface area contributed by atoms with Crippen LogP contribution in [0.25, 0.3) is 28.0 Å². The Labute approximate surface area is 268 Å². The molecular weight excluding hydrogens is 581 g/mol. The highest BCUT2D eigenvalue weighted by Crippen LogP contribution is 2.34. The summed E-state index contributed by atoms with van der Waals surface area (Å²) in [7, 11) is 1.66. The number of fused-ring (bicyclic) bond motifs is 1. The van der Waals surface area contributed by atoms with E-state index < -0.39 is 0 Å². The molecule has 2 N–H and O–H groups in total. The second-order valence-corrected chi connectivity index (χ2v) is 12.5. The van der Waals surface area contributed by atoms with Crippen molar-refractivity contribution in [3.8, 4) is 34.1 Å². The van der Waals surface area contributed by atoms with Crippen molar-refractivity contribution in [2.24, 2.45) is 0 Å². The quantitative estimate of drug-likeness (QED) is 0.141. The van der Waals surface area contributed by atoms with Gasteiger partial charge in [-0.3, -0.25) is 4.72 Å². The minimum atomic E-state index is -0.128. The van der Waals surface area contributed by atoms with E-state index in [1.54, 1.807) is 13.3 Å². The lowest BCUT2D eigenvalue weighted by molar-refractivity contribution is 0.286. The molecule has 228 valence electrons. The number of pyridine rings is 1. The topological polar surface area (TPSA) is 85.6 Å². The SMILES string of the molecule is COc1ccc(COc2ncc(-c3nc(NCc4ccccc4)c4c(-c5ccccc5)ccn4n3)cc2SNC(C)(C)C)cc1. The van der Waals surface area contributed by atoms with Gasteiger partial charge in [0.25, 0.3) is 0 Å². The molecule has 3 aromatic carbocycles. The predicted octanol–water partition coefficient (Wildman–Crippen LogP) is 8.05. The monoisotopic (exact) mass is 616 g/mol. The van der Waals surface area contributed by atoms with Crippen LogP contribution in [-0.2, 0) is 13.2 Å². The lowest BCUT2D eigenvalue weighted by Crippen LogP contribution is -2.29. The molecule has 0 bridgehead atoms. The number of nitrogens with zero attached hydrogens (tertiary/aromatic N) is 4. The van der Waals surface area contributed by atoms with Crippen LogP contribution in [-0.4, -0.2) is 32.2 Å². The van der Waals surface area contributed by atoms with Crippen molar-refractivity contribution in [2.75, 3.05) is 12.4 Å². The highest BCUT2D eigenvalue weighted by atomic mass is 32.2. The zero-order chi connectivity index (χ0) is 31.2. The maximum atomic E-state index is 6.22. The van der Waals surface area contributed by atoms with E-state index in [1.165, 1.54) is 11.9 Å². The van der Waals surface area contributed by atoms with E-state index >= 15 is 0 Å². The largest absolute Gasteiger partial charge is 0.497 e. The Kier molecular flexibility index (Phi) is 9.00. The number of hydrogen-bond donors (Lipinski definition) is 2. The van der Waals surface area contributed by atoms with Gasteiger partial charge in [-0.05, 0) is 73.7 Å². The molecule has 8 nitrogen and oxygen atoms in total. The van der Waals surface area contributed by atoms with E-state index in [9.17, 15) is 0 Å². The molecule has 6 rings (SSSR count). The van der Waals surface area contributed by atoms with Crippen LogP contribution in [0.1, 0.15) is 31.9 Å². The van der Waals surface area contributed by atoms with Gasteiger partial charge in [0.15, 0.2) is 11.6 Å². The average molecular weight is 617 g/mol. The fourth-order valence-electron chi connectivity index (χ4n) is 4.72. The highest BCUT2D eigenvalue weighted by Gasteiger charge is 2.19. The Morgan fingerprint density at radius 1 is 0.844 bits per heavy atom. The summed E-state index contributed by atoms with van der Waals surface area (Å²) in [5.41, 5.74) is 5.91. The van der Waals surface area contributed by atoms with Gasteiger partial charge in [0.1, 0.15) is 17.9 Å². The fraction of sp³-hybridized carbons (Fsp3) is 0.194. The van der Waals surface area contributed by atoms with Crippen LogP contribution in [0.2, 0.25) is 0 Å². The lowest BCUT2D eigenvalue weighted by atomic mass is 10.1. The van der Waals surface area contributed by atoms with Gasteiger partial charge in [0.2, 0.25) is 5.88 Å². The number of rotatable bonds is 11. The zero-order valence-electron chi connectivity index (χ0n) is 25.8. The van der Waals surface area contributed by atoms with Crippen LogP contribution >= 0.6 is 11.9 Å². The molecule has 45 heavy (non-hydrogen) atoms. The molecule has 0 unspecified atom stereocenters. The predicted molar refractivity (Wildman–Crippen MR) is 181 cm³/mol. The second kappa shape index (κ2) is 13.4. The van der Waals surface area contributed by atoms with Gasteiger partial charge in [-0.15, -0.1) is 5.10 Å². The number of methoxy groups -OCH3 is 1. The van der Waals surface area contributed by atoms with Gasteiger partial charge in [-0.25, -0.2) is 14.5 Å². The van der Waals surface area contributed by atoms with E-state index in [0.717, 1.165) is 49.8 Å². The van der Waals surface area contributed by atoms with Crippen molar-refractivity contribution in [1.29, 1.82) is 0 Å². The molecule has 0 spiro atoms. The second-order valence-electron chi connectivity index (χ2n) is 11.6. The number of benzene rings is 3. The third-order valence-electron chi connectivity index (χ3n) is 6.98. The van der Waals surface area contributed by atoms with Crippen LogP contribution in [0.5, 0.6) is 11.6 Å². The molecule has 0 amide bonds. The lowest BCUT2D eigenvalue weighted by Gasteiger charge is -2.20. The van der Waals surface area contributed by atoms with Gasteiger partial charge in [-0.2, -0.15) is 0 Å². The summed E-state index contributed by atoms with van der Waals surface area (Å²) in [6.07, 6.45) is 3.75. The van der Waals surface area contributed by atoms with Crippen LogP contribution in [0.3, 0.4) is 0 Å². The first-order chi connectivity index (χ1) is 21.9. The Morgan fingerprint density at radius 3 is 2.29 bits per heavy atom. The number of aromatic nitrogens is 4. The maximum Gasteiger partial charge on any atom is 0.229 e. The molecule has 0 aliphatic heterocycles. The number of anilines is 1. The third-order valence-corrected chi connectivity index (χ3v) is 8.20. The van der Waals surface area contributed by atoms with Gasteiger partial charge in [0, 0.05) is 35.6 Å². The Bertz CT molecular complexity index is 1870. The van der Waals surface area contributed by atoms with Gasteiger partial charge in [-0.1, -0.05) is 72.8 Å². The molecule has 0 saturated heterocycles. The molecule has 0 radical (unpaired) electrons. The molecule has 3 aromatic heterocycles. The summed E-state index contributed by atoms with van der Waals surface area (Å²) in [4.78, 5) is 10.7. The van der Waals surface area contributed by atoms with Crippen molar-refractivity contribution < 1.29 is 9.47 Å². The Hall–Kier alpha value is -4.86. The van der Waals surface area contributed by atoms with Crippen molar-refractivity contribution in [3.63, 3.8) is 0 Å². The fourth-order valence-corrected chi connectivity index (χ4v) is 5.52. The molecule has 0 atom stereocenters. The van der Waals surface area contributed by atoms with Crippen molar-refractivity contribution in [3.05, 3.63) is 121 Å². The van der Waals surface area contributed by atoms with E-state index in [2.05, 4.69) is 61.1 Å². The molecule has 0 fully saturated rings. The molecule has 0 aliphatic rings. The molecule has 3 heterocycles. The minimum Gasteiger partial charge on any atom is -0.497 e. The van der Waals surface area contributed by atoms with E-state index in [-0.39, 0.29) is 5.54 Å². The van der Waals surface area contributed by atoms with Crippen molar-refractivity contribution in [2.45, 2.75) is 44.4 Å². The van der Waals surface area contributed by atoms with Gasteiger partial charge in [0.05, 0.1) is 12.0 Å². The first-order valence-electron chi connectivity index (χ1n) is 14.8. The summed E-state index contributed by atoms with van der Waals surface area (Å²) in [6.45, 7) is 7.36. The van der Waals surface area contributed by atoms with Gasteiger partial charge >= 0.3 is 0 Å². The number of hydrogen-bond acceptors (Lipinski definition) is 8. The molecule has 6 aromatic rings. The van der Waals surface area contributed by atoms with Gasteiger partial charge < -0.3 is 14.8 Å². The van der Waals surface area contributed by atoms with Crippen LogP contribution in [0.4, 0.5) is 5.82 Å². The van der Waals surface area contributed by atoms with E-state index in [4.69, 9.17) is 24.5 Å². The zero-order valence-corrected chi connectivity index (χ0v) is 26.6. The Balaban J connectivity index is 1.37. The normalized spacial score (nSPS) is 11.5. The third kappa shape index (κ3) is 7.45. The summed E-state index contributed by atoms with van der Waals surface area (Å²) in [5, 5.41) is 8.52. The molecule has 0 saturated carbocycles. The summed E-state index contributed by atoms with van der Waals surface area (Å²) in [6, 6.07) is 32.5. The summed E-state index contributed by atoms with van der Waals surface area (Å²) in [5.74, 6) is 2.64. The van der Waals surface area contributed by atoms with Crippen LogP contribution in [0.15, 0.2) is 114 Å². The number of nitrogens with one attached hydrogen (secondary N) is 2. The highest BCUT2D eigenvalue weighted by molar-refractivity contribution is 7.97. The Morgan fingerprint density at radius 2 is 1.58 bits per heavy atom. The minimum absolute atomic E-state index is 0.128. The number of ether oxygens (including phenoxy) is 2. The first-order valence-corrected chi connectivity index (χ1v) is 15.6. The van der Waals surface area contributed by atoms with Crippen LogP contribution in [0, 0.1) is 0 Å². The summed E-state index contributed by atoms with van der Waals surface area (Å²) < 4.78 is 16.9. The molecular formula is C36H36N6O2S. The van der Waals surface area contributed by atoms with E-state index in [0.29, 0.717) is 24.9 Å². The first kappa shape index (κ1) is 30.2. The standard InChI is InChI=1S/C36H36N6O2S/c1-36(2,3)41-45-31-21-28(23-38-35(31)44-24-26-15-17-29(43-4)18-16-26)33-39-34(37-22-25-11-7-5-8-12-25)32-30(19-20-42(32)40-33)27-13-9-6-10-14-27/h5-21,23,41H,22,24H2,1-4H3,(H,37,39,40). The maximum absolute atomic E-state index is 6.22. The molecule has 9 heteroatoms. The summed E-state index contributed by atoms with van der Waals surface area (Å²) >= 11 is 1.49.